The van der Waals surface area contributed by atoms with Gasteiger partial charge in [-0.3, -0.25) is 0 Å². The molecule has 0 saturated carbocycles. The fraction of sp³-hybridized carbons (Fsp3) is 0. The predicted octanol–water partition coefficient (Wildman–Crippen LogP) is 4.91. The van der Waals surface area contributed by atoms with E-state index < -0.39 is 0 Å². The second-order valence-corrected chi connectivity index (χ2v) is 4.34. The van der Waals surface area contributed by atoms with E-state index >= 15 is 0 Å². The maximum atomic E-state index is 13.8. The summed E-state index contributed by atoms with van der Waals surface area (Å²) in [5.41, 5.74) is 1.22. The highest BCUT2D eigenvalue weighted by atomic mass is 79.9. The van der Waals surface area contributed by atoms with Crippen molar-refractivity contribution in [3.8, 4) is 11.1 Å². The number of rotatable bonds is 1. The standard InChI is InChI=1S/C12H7BrClF/c13-10-6-3-5-9(12(10)15)8-4-1-2-7-11(8)14/h1-7H. The molecule has 2 aromatic rings. The summed E-state index contributed by atoms with van der Waals surface area (Å²) in [5.74, 6) is -0.286. The smallest absolute Gasteiger partial charge is 0.145 e. The highest BCUT2D eigenvalue weighted by Gasteiger charge is 2.10. The Hall–Kier alpha value is -0.860. The van der Waals surface area contributed by atoms with Gasteiger partial charge in [0.05, 0.1) is 4.47 Å². The average Bonchev–Trinajstić information content (AvgIpc) is 2.23. The molecule has 0 aromatic heterocycles. The van der Waals surface area contributed by atoms with Crippen molar-refractivity contribution >= 4 is 27.5 Å². The zero-order chi connectivity index (χ0) is 10.8. The monoisotopic (exact) mass is 284 g/mol. The maximum Gasteiger partial charge on any atom is 0.145 e. The van der Waals surface area contributed by atoms with E-state index in [-0.39, 0.29) is 5.82 Å². The zero-order valence-corrected chi connectivity index (χ0v) is 10.0. The zero-order valence-electron chi connectivity index (χ0n) is 7.68. The third kappa shape index (κ3) is 2.06. The Kier molecular flexibility index (Phi) is 3.08. The van der Waals surface area contributed by atoms with Gasteiger partial charge in [-0.25, -0.2) is 4.39 Å². The summed E-state index contributed by atoms with van der Waals surface area (Å²) in [6.45, 7) is 0. The molecule has 0 aliphatic heterocycles. The fourth-order valence-electron chi connectivity index (χ4n) is 1.39. The summed E-state index contributed by atoms with van der Waals surface area (Å²) in [5, 5.41) is 0.550. The molecule has 76 valence electrons. The van der Waals surface area contributed by atoms with Crippen LogP contribution in [-0.4, -0.2) is 0 Å². The Morgan fingerprint density at radius 3 is 2.33 bits per heavy atom. The van der Waals surface area contributed by atoms with E-state index in [2.05, 4.69) is 15.9 Å². The van der Waals surface area contributed by atoms with Gasteiger partial charge in [0.1, 0.15) is 5.82 Å². The van der Waals surface area contributed by atoms with Crippen LogP contribution in [0.15, 0.2) is 46.9 Å². The van der Waals surface area contributed by atoms with Crippen LogP contribution in [0.1, 0.15) is 0 Å². The molecule has 0 N–H and O–H groups in total. The van der Waals surface area contributed by atoms with E-state index in [1.54, 1.807) is 30.3 Å². The number of hydrogen-bond acceptors (Lipinski definition) is 0. The first-order valence-electron chi connectivity index (χ1n) is 4.39. The quantitative estimate of drug-likeness (QED) is 0.698. The molecule has 15 heavy (non-hydrogen) atoms. The van der Waals surface area contributed by atoms with E-state index in [9.17, 15) is 4.39 Å². The third-order valence-corrected chi connectivity index (χ3v) is 3.06. The first-order valence-corrected chi connectivity index (χ1v) is 5.56. The normalized spacial score (nSPS) is 10.3. The number of halogens is 3. The topological polar surface area (TPSA) is 0 Å². The molecular formula is C12H7BrClF. The Balaban J connectivity index is 2.65. The lowest BCUT2D eigenvalue weighted by Crippen LogP contribution is -1.86. The highest BCUT2D eigenvalue weighted by molar-refractivity contribution is 9.10. The van der Waals surface area contributed by atoms with Crippen molar-refractivity contribution < 1.29 is 4.39 Å². The van der Waals surface area contributed by atoms with Crippen molar-refractivity contribution in [3.05, 3.63) is 57.8 Å². The fourth-order valence-corrected chi connectivity index (χ4v) is 2.00. The minimum absolute atomic E-state index is 0.286. The summed E-state index contributed by atoms with van der Waals surface area (Å²) < 4.78 is 14.2. The molecule has 0 heterocycles. The van der Waals surface area contributed by atoms with E-state index in [0.29, 0.717) is 20.6 Å². The molecular weight excluding hydrogens is 278 g/mol. The summed E-state index contributed by atoms with van der Waals surface area (Å²) >= 11 is 9.15. The van der Waals surface area contributed by atoms with Crippen molar-refractivity contribution in [2.45, 2.75) is 0 Å². The van der Waals surface area contributed by atoms with Crippen molar-refractivity contribution in [2.75, 3.05) is 0 Å². The molecule has 0 fully saturated rings. The van der Waals surface area contributed by atoms with Gasteiger partial charge < -0.3 is 0 Å². The Bertz CT molecular complexity index is 497. The van der Waals surface area contributed by atoms with Crippen LogP contribution in [0.2, 0.25) is 5.02 Å². The minimum Gasteiger partial charge on any atom is -0.205 e. The summed E-state index contributed by atoms with van der Waals surface area (Å²) in [6.07, 6.45) is 0. The lowest BCUT2D eigenvalue weighted by Gasteiger charge is -2.06. The lowest BCUT2D eigenvalue weighted by molar-refractivity contribution is 0.624. The largest absolute Gasteiger partial charge is 0.205 e. The Morgan fingerprint density at radius 2 is 1.60 bits per heavy atom. The second kappa shape index (κ2) is 4.33. The van der Waals surface area contributed by atoms with Crippen molar-refractivity contribution in [2.24, 2.45) is 0 Å². The summed E-state index contributed by atoms with van der Waals surface area (Å²) in [4.78, 5) is 0. The van der Waals surface area contributed by atoms with Crippen LogP contribution in [0.5, 0.6) is 0 Å². The Morgan fingerprint density at radius 1 is 0.933 bits per heavy atom. The maximum absolute atomic E-state index is 13.8. The first-order chi connectivity index (χ1) is 7.20. The molecule has 0 saturated heterocycles. The van der Waals surface area contributed by atoms with Gasteiger partial charge in [-0.1, -0.05) is 41.9 Å². The van der Waals surface area contributed by atoms with Gasteiger partial charge in [0.15, 0.2) is 0 Å². The lowest BCUT2D eigenvalue weighted by atomic mass is 10.1. The predicted molar refractivity (Wildman–Crippen MR) is 64.5 cm³/mol. The van der Waals surface area contributed by atoms with Crippen LogP contribution in [0, 0.1) is 5.82 Å². The van der Waals surface area contributed by atoms with Crippen LogP contribution in [-0.2, 0) is 0 Å². The van der Waals surface area contributed by atoms with Gasteiger partial charge in [-0.15, -0.1) is 0 Å². The molecule has 0 radical (unpaired) electrons. The van der Waals surface area contributed by atoms with Crippen molar-refractivity contribution in [1.29, 1.82) is 0 Å². The third-order valence-electron chi connectivity index (χ3n) is 2.12. The number of benzene rings is 2. The van der Waals surface area contributed by atoms with Gasteiger partial charge in [0, 0.05) is 16.1 Å². The molecule has 0 spiro atoms. The molecule has 0 aliphatic rings. The first kappa shape index (κ1) is 10.7. The second-order valence-electron chi connectivity index (χ2n) is 3.08. The van der Waals surface area contributed by atoms with Gasteiger partial charge in [-0.05, 0) is 28.1 Å². The van der Waals surface area contributed by atoms with E-state index in [1.807, 2.05) is 12.1 Å². The van der Waals surface area contributed by atoms with Crippen LogP contribution < -0.4 is 0 Å². The molecule has 0 unspecified atom stereocenters. The minimum atomic E-state index is -0.286. The molecule has 0 amide bonds. The average molecular weight is 286 g/mol. The van der Waals surface area contributed by atoms with Crippen molar-refractivity contribution in [1.82, 2.24) is 0 Å². The van der Waals surface area contributed by atoms with Crippen LogP contribution in [0.3, 0.4) is 0 Å². The summed E-state index contributed by atoms with van der Waals surface area (Å²) in [6, 6.07) is 12.4. The number of hydrogen-bond donors (Lipinski definition) is 0. The van der Waals surface area contributed by atoms with E-state index in [1.165, 1.54) is 0 Å². The molecule has 2 aromatic carbocycles. The van der Waals surface area contributed by atoms with Crippen molar-refractivity contribution in [3.63, 3.8) is 0 Å². The van der Waals surface area contributed by atoms with E-state index in [0.717, 1.165) is 0 Å². The van der Waals surface area contributed by atoms with Gasteiger partial charge in [0.25, 0.3) is 0 Å². The summed E-state index contributed by atoms with van der Waals surface area (Å²) in [7, 11) is 0. The molecule has 0 atom stereocenters. The molecule has 0 aliphatic carbocycles. The Labute approximate surface area is 101 Å². The van der Waals surface area contributed by atoms with Crippen LogP contribution in [0.4, 0.5) is 4.39 Å². The SMILES string of the molecule is Fc1c(Br)cccc1-c1ccccc1Cl. The van der Waals surface area contributed by atoms with E-state index in [4.69, 9.17) is 11.6 Å². The molecule has 2 rings (SSSR count). The molecule has 3 heteroatoms. The van der Waals surface area contributed by atoms with Crippen LogP contribution >= 0.6 is 27.5 Å². The van der Waals surface area contributed by atoms with Crippen LogP contribution in [0.25, 0.3) is 11.1 Å². The van der Waals surface area contributed by atoms with Gasteiger partial charge >= 0.3 is 0 Å². The van der Waals surface area contributed by atoms with Gasteiger partial charge in [-0.2, -0.15) is 0 Å². The molecule has 0 bridgehead atoms. The molecule has 0 nitrogen and oxygen atoms in total. The van der Waals surface area contributed by atoms with Gasteiger partial charge in [0.2, 0.25) is 0 Å². The highest BCUT2D eigenvalue weighted by Crippen LogP contribution is 2.32.